The van der Waals surface area contributed by atoms with E-state index in [1.165, 1.54) is 0 Å². The van der Waals surface area contributed by atoms with Gasteiger partial charge in [-0.05, 0) is 57.2 Å². The van der Waals surface area contributed by atoms with Gasteiger partial charge in [-0.15, -0.1) is 0 Å². The first-order chi connectivity index (χ1) is 13.0. The predicted octanol–water partition coefficient (Wildman–Crippen LogP) is 3.11. The molecule has 2 amide bonds. The van der Waals surface area contributed by atoms with Crippen LogP contribution in [0.4, 0.5) is 0 Å². The Balaban J connectivity index is 1.92. The van der Waals surface area contributed by atoms with E-state index in [4.69, 9.17) is 9.47 Å². The van der Waals surface area contributed by atoms with Crippen LogP contribution in [0.1, 0.15) is 62.7 Å². The standard InChI is InChI=1S/C21H30N2O4/c1-4-15(2)22-19(24)18-14-27-21(11-6-5-7-12-21)23(18)20(25)16-9-8-10-17(13-16)26-3/h8-10,13,15,18H,4-7,11-12,14H2,1-3H3,(H,22,24). The van der Waals surface area contributed by atoms with Crippen molar-refractivity contribution in [3.05, 3.63) is 29.8 Å². The van der Waals surface area contributed by atoms with Crippen LogP contribution in [0.2, 0.25) is 0 Å². The molecule has 1 heterocycles. The fraction of sp³-hybridized carbons (Fsp3) is 0.619. The maximum atomic E-state index is 13.5. The lowest BCUT2D eigenvalue weighted by molar-refractivity contribution is -0.127. The highest BCUT2D eigenvalue weighted by atomic mass is 16.5. The van der Waals surface area contributed by atoms with Crippen molar-refractivity contribution >= 4 is 11.8 Å². The molecule has 2 unspecified atom stereocenters. The Bertz CT molecular complexity index is 685. The second-order valence-electron chi connectivity index (χ2n) is 7.56. The minimum atomic E-state index is -0.671. The molecule has 6 heteroatoms. The van der Waals surface area contributed by atoms with Crippen LogP contribution in [0.5, 0.6) is 5.75 Å². The highest BCUT2D eigenvalue weighted by Crippen LogP contribution is 2.41. The van der Waals surface area contributed by atoms with Crippen molar-refractivity contribution in [1.82, 2.24) is 10.2 Å². The Labute approximate surface area is 161 Å². The predicted molar refractivity (Wildman–Crippen MR) is 103 cm³/mol. The first-order valence-electron chi connectivity index (χ1n) is 9.93. The first-order valence-corrected chi connectivity index (χ1v) is 9.93. The molecule has 6 nitrogen and oxygen atoms in total. The lowest BCUT2D eigenvalue weighted by Crippen LogP contribution is -2.57. The average molecular weight is 374 g/mol. The molecule has 1 saturated heterocycles. The van der Waals surface area contributed by atoms with Crippen LogP contribution >= 0.6 is 0 Å². The van der Waals surface area contributed by atoms with Gasteiger partial charge in [-0.1, -0.05) is 19.4 Å². The smallest absolute Gasteiger partial charge is 0.257 e. The zero-order chi connectivity index (χ0) is 19.4. The molecule has 1 aliphatic carbocycles. The molecular weight excluding hydrogens is 344 g/mol. The zero-order valence-corrected chi connectivity index (χ0v) is 16.5. The van der Waals surface area contributed by atoms with Crippen molar-refractivity contribution in [3.8, 4) is 5.75 Å². The molecule has 2 fully saturated rings. The lowest BCUT2D eigenvalue weighted by Gasteiger charge is -2.41. The molecule has 2 atom stereocenters. The van der Waals surface area contributed by atoms with E-state index in [2.05, 4.69) is 5.32 Å². The van der Waals surface area contributed by atoms with Gasteiger partial charge >= 0.3 is 0 Å². The normalized spacial score (nSPS) is 22.5. The highest BCUT2D eigenvalue weighted by molar-refractivity contribution is 5.98. The number of carbonyl (C=O) groups excluding carboxylic acids is 2. The molecule has 1 aliphatic heterocycles. The number of benzene rings is 1. The van der Waals surface area contributed by atoms with Crippen LogP contribution in [0.3, 0.4) is 0 Å². The molecule has 148 valence electrons. The fourth-order valence-electron chi connectivity index (χ4n) is 4.01. The average Bonchev–Trinajstić information content (AvgIpc) is 3.06. The van der Waals surface area contributed by atoms with Crippen LogP contribution in [-0.4, -0.2) is 48.2 Å². The van der Waals surface area contributed by atoms with Gasteiger partial charge in [-0.25, -0.2) is 0 Å². The molecule has 1 N–H and O–H groups in total. The van der Waals surface area contributed by atoms with E-state index < -0.39 is 11.8 Å². The van der Waals surface area contributed by atoms with E-state index in [9.17, 15) is 9.59 Å². The summed E-state index contributed by atoms with van der Waals surface area (Å²) in [5.41, 5.74) is -0.151. The van der Waals surface area contributed by atoms with Crippen molar-refractivity contribution in [3.63, 3.8) is 0 Å². The number of amides is 2. The second kappa shape index (κ2) is 8.30. The highest BCUT2D eigenvalue weighted by Gasteiger charge is 2.53. The third-order valence-corrected chi connectivity index (χ3v) is 5.73. The van der Waals surface area contributed by atoms with E-state index in [1.54, 1.807) is 36.3 Å². The summed E-state index contributed by atoms with van der Waals surface area (Å²) in [6.07, 6.45) is 5.53. The van der Waals surface area contributed by atoms with Gasteiger partial charge in [0.1, 0.15) is 17.5 Å². The minimum absolute atomic E-state index is 0.0641. The monoisotopic (exact) mass is 374 g/mol. The van der Waals surface area contributed by atoms with Crippen LogP contribution in [0.25, 0.3) is 0 Å². The Kier molecular flexibility index (Phi) is 6.05. The van der Waals surface area contributed by atoms with Gasteiger partial charge in [-0.3, -0.25) is 14.5 Å². The van der Waals surface area contributed by atoms with Gasteiger partial charge in [0.15, 0.2) is 0 Å². The summed E-state index contributed by atoms with van der Waals surface area (Å²) in [6, 6.07) is 6.56. The SMILES string of the molecule is CCC(C)NC(=O)C1COC2(CCCCC2)N1C(=O)c1cccc(OC)c1. The number of methoxy groups -OCH3 is 1. The van der Waals surface area contributed by atoms with E-state index in [-0.39, 0.29) is 24.5 Å². The largest absolute Gasteiger partial charge is 0.497 e. The lowest BCUT2D eigenvalue weighted by atomic mass is 9.89. The molecular formula is C21H30N2O4. The number of nitrogens with zero attached hydrogens (tertiary/aromatic N) is 1. The summed E-state index contributed by atoms with van der Waals surface area (Å²) >= 11 is 0. The van der Waals surface area contributed by atoms with Gasteiger partial charge in [0, 0.05) is 11.6 Å². The summed E-state index contributed by atoms with van der Waals surface area (Å²) < 4.78 is 11.4. The van der Waals surface area contributed by atoms with Crippen molar-refractivity contribution in [2.75, 3.05) is 13.7 Å². The molecule has 1 spiro atoms. The number of nitrogens with one attached hydrogen (secondary N) is 1. The van der Waals surface area contributed by atoms with Crippen LogP contribution in [0.15, 0.2) is 24.3 Å². The molecule has 1 saturated carbocycles. The van der Waals surface area contributed by atoms with Gasteiger partial charge in [0.25, 0.3) is 5.91 Å². The third kappa shape index (κ3) is 3.95. The van der Waals surface area contributed by atoms with Gasteiger partial charge in [-0.2, -0.15) is 0 Å². The number of rotatable bonds is 5. The molecule has 1 aromatic rings. The maximum Gasteiger partial charge on any atom is 0.257 e. The Morgan fingerprint density at radius 3 is 2.74 bits per heavy atom. The third-order valence-electron chi connectivity index (χ3n) is 5.73. The fourth-order valence-corrected chi connectivity index (χ4v) is 4.01. The van der Waals surface area contributed by atoms with Crippen molar-refractivity contribution in [1.29, 1.82) is 0 Å². The second-order valence-corrected chi connectivity index (χ2v) is 7.56. The summed E-state index contributed by atoms with van der Waals surface area (Å²) in [7, 11) is 1.58. The van der Waals surface area contributed by atoms with E-state index in [1.807, 2.05) is 13.8 Å². The van der Waals surface area contributed by atoms with Gasteiger partial charge in [0.05, 0.1) is 13.7 Å². The topological polar surface area (TPSA) is 67.9 Å². The van der Waals surface area contributed by atoms with Gasteiger partial charge in [0.2, 0.25) is 5.91 Å². The molecule has 27 heavy (non-hydrogen) atoms. The molecule has 1 aromatic carbocycles. The van der Waals surface area contributed by atoms with E-state index in [0.29, 0.717) is 11.3 Å². The molecule has 0 radical (unpaired) electrons. The zero-order valence-electron chi connectivity index (χ0n) is 16.5. The van der Waals surface area contributed by atoms with E-state index >= 15 is 0 Å². The molecule has 0 aromatic heterocycles. The van der Waals surface area contributed by atoms with E-state index in [0.717, 1.165) is 38.5 Å². The Morgan fingerprint density at radius 2 is 2.07 bits per heavy atom. The first kappa shape index (κ1) is 19.7. The van der Waals surface area contributed by atoms with Crippen LogP contribution in [-0.2, 0) is 9.53 Å². The van der Waals surface area contributed by atoms with Crippen LogP contribution < -0.4 is 10.1 Å². The van der Waals surface area contributed by atoms with Gasteiger partial charge < -0.3 is 14.8 Å². The maximum absolute atomic E-state index is 13.5. The Morgan fingerprint density at radius 1 is 1.33 bits per heavy atom. The number of hydrogen-bond donors (Lipinski definition) is 1. The summed E-state index contributed by atoms with van der Waals surface area (Å²) in [5, 5.41) is 3.01. The summed E-state index contributed by atoms with van der Waals surface area (Å²) in [5.74, 6) is 0.319. The molecule has 3 rings (SSSR count). The van der Waals surface area contributed by atoms with Crippen LogP contribution in [0, 0.1) is 0 Å². The van der Waals surface area contributed by atoms with Crippen molar-refractivity contribution < 1.29 is 19.1 Å². The number of hydrogen-bond acceptors (Lipinski definition) is 4. The number of carbonyl (C=O) groups is 2. The molecule has 0 bridgehead atoms. The Hall–Kier alpha value is -2.08. The number of ether oxygens (including phenoxy) is 2. The van der Waals surface area contributed by atoms with Crippen molar-refractivity contribution in [2.24, 2.45) is 0 Å². The molecule has 2 aliphatic rings. The quantitative estimate of drug-likeness (QED) is 0.860. The summed E-state index contributed by atoms with van der Waals surface area (Å²) in [4.78, 5) is 28.1. The van der Waals surface area contributed by atoms with Crippen molar-refractivity contribution in [2.45, 2.75) is 70.2 Å². The minimum Gasteiger partial charge on any atom is -0.497 e. The summed E-state index contributed by atoms with van der Waals surface area (Å²) in [6.45, 7) is 4.24.